The molecule has 0 spiro atoms. The Morgan fingerprint density at radius 2 is 1.87 bits per heavy atom. The summed E-state index contributed by atoms with van der Waals surface area (Å²) in [5.74, 6) is 1.37. The van der Waals surface area contributed by atoms with Crippen molar-refractivity contribution in [3.63, 3.8) is 0 Å². The highest BCUT2D eigenvalue weighted by atomic mass is 32.2. The van der Waals surface area contributed by atoms with E-state index in [2.05, 4.69) is 28.9 Å². The van der Waals surface area contributed by atoms with Crippen molar-refractivity contribution in [2.75, 3.05) is 16.6 Å². The third-order valence-corrected chi connectivity index (χ3v) is 4.97. The van der Waals surface area contributed by atoms with E-state index in [1.165, 1.54) is 6.20 Å². The number of rotatable bonds is 7. The van der Waals surface area contributed by atoms with Gasteiger partial charge in [0.2, 0.25) is 0 Å². The smallest absolute Gasteiger partial charge is 0.262 e. The number of nitrogens with zero attached hydrogens (tertiary/aromatic N) is 1. The lowest BCUT2D eigenvalue weighted by Crippen LogP contribution is -2.14. The Hall–Kier alpha value is -2.08. The van der Waals surface area contributed by atoms with E-state index in [1.54, 1.807) is 37.3 Å². The van der Waals surface area contributed by atoms with Crippen LogP contribution in [0.2, 0.25) is 0 Å². The number of benzene rings is 1. The van der Waals surface area contributed by atoms with Gasteiger partial charge in [-0.3, -0.25) is 4.72 Å². The topological polar surface area (TPSA) is 71.1 Å². The van der Waals surface area contributed by atoms with Crippen LogP contribution in [0.1, 0.15) is 25.8 Å². The van der Waals surface area contributed by atoms with Gasteiger partial charge in [0.25, 0.3) is 10.0 Å². The Bertz CT molecular complexity index is 741. The van der Waals surface area contributed by atoms with Crippen LogP contribution < -0.4 is 10.0 Å². The standard InChI is InChI=1S/C17H23N3O2S/c1-13(2)10-11-18-17-9-8-15(12-19-17)20-23(21,22)16-7-5-4-6-14(16)3/h4-9,12-13,20H,10-11H2,1-3H3,(H,18,19). The van der Waals surface area contributed by atoms with Crippen LogP contribution in [0.25, 0.3) is 0 Å². The molecule has 0 radical (unpaired) electrons. The van der Waals surface area contributed by atoms with Crippen molar-refractivity contribution < 1.29 is 8.42 Å². The highest BCUT2D eigenvalue weighted by Crippen LogP contribution is 2.19. The maximum atomic E-state index is 12.4. The molecule has 0 atom stereocenters. The number of aromatic nitrogens is 1. The maximum absolute atomic E-state index is 12.4. The zero-order valence-corrected chi connectivity index (χ0v) is 14.5. The molecule has 0 saturated carbocycles. The molecule has 2 aromatic rings. The van der Waals surface area contributed by atoms with Crippen molar-refractivity contribution in [1.82, 2.24) is 4.98 Å². The van der Waals surface area contributed by atoms with Gasteiger partial charge >= 0.3 is 0 Å². The van der Waals surface area contributed by atoms with Gasteiger partial charge in [0.05, 0.1) is 16.8 Å². The minimum atomic E-state index is -3.60. The van der Waals surface area contributed by atoms with Crippen molar-refractivity contribution in [1.29, 1.82) is 0 Å². The summed E-state index contributed by atoms with van der Waals surface area (Å²) >= 11 is 0. The Balaban J connectivity index is 2.04. The number of hydrogen-bond acceptors (Lipinski definition) is 4. The quantitative estimate of drug-likeness (QED) is 0.811. The summed E-state index contributed by atoms with van der Waals surface area (Å²) in [6.07, 6.45) is 2.58. The molecule has 0 unspecified atom stereocenters. The molecule has 6 heteroatoms. The van der Waals surface area contributed by atoms with E-state index in [0.29, 0.717) is 17.2 Å². The molecule has 1 aromatic carbocycles. The molecular weight excluding hydrogens is 310 g/mol. The minimum absolute atomic E-state index is 0.277. The minimum Gasteiger partial charge on any atom is -0.370 e. The number of sulfonamides is 1. The largest absolute Gasteiger partial charge is 0.370 e. The second-order valence-corrected chi connectivity index (χ2v) is 7.56. The fourth-order valence-electron chi connectivity index (χ4n) is 2.12. The first-order valence-corrected chi connectivity index (χ1v) is 9.15. The molecule has 2 N–H and O–H groups in total. The molecule has 5 nitrogen and oxygen atoms in total. The second-order valence-electron chi connectivity index (χ2n) is 5.91. The highest BCUT2D eigenvalue weighted by Gasteiger charge is 2.16. The molecule has 2 rings (SSSR count). The zero-order chi connectivity index (χ0) is 16.9. The van der Waals surface area contributed by atoms with Crippen LogP contribution in [-0.2, 0) is 10.0 Å². The van der Waals surface area contributed by atoms with E-state index in [4.69, 9.17) is 0 Å². The van der Waals surface area contributed by atoms with Crippen LogP contribution in [0.5, 0.6) is 0 Å². The lowest BCUT2D eigenvalue weighted by atomic mass is 10.1. The molecule has 0 amide bonds. The van der Waals surface area contributed by atoms with Crippen LogP contribution in [0.4, 0.5) is 11.5 Å². The molecular formula is C17H23N3O2S. The molecule has 1 aromatic heterocycles. The predicted octanol–water partition coefficient (Wildman–Crippen LogP) is 3.65. The SMILES string of the molecule is Cc1ccccc1S(=O)(=O)Nc1ccc(NCCC(C)C)nc1. The molecule has 0 bridgehead atoms. The fourth-order valence-corrected chi connectivity index (χ4v) is 3.41. The Kier molecular flexibility index (Phi) is 5.60. The van der Waals surface area contributed by atoms with Crippen LogP contribution >= 0.6 is 0 Å². The van der Waals surface area contributed by atoms with Crippen molar-refractivity contribution in [3.05, 3.63) is 48.2 Å². The molecule has 23 heavy (non-hydrogen) atoms. The average molecular weight is 333 g/mol. The normalized spacial score (nSPS) is 11.5. The van der Waals surface area contributed by atoms with Gasteiger partial charge in [0.1, 0.15) is 5.82 Å². The summed E-state index contributed by atoms with van der Waals surface area (Å²) in [5.41, 5.74) is 1.16. The van der Waals surface area contributed by atoms with Crippen molar-refractivity contribution in [2.45, 2.75) is 32.1 Å². The molecule has 0 aliphatic rings. The van der Waals surface area contributed by atoms with E-state index in [9.17, 15) is 8.42 Å². The van der Waals surface area contributed by atoms with Gasteiger partial charge in [-0.05, 0) is 43.0 Å². The number of aryl methyl sites for hydroxylation is 1. The summed E-state index contributed by atoms with van der Waals surface area (Å²) in [7, 11) is -3.60. The first kappa shape index (κ1) is 17.3. The number of pyridine rings is 1. The predicted molar refractivity (Wildman–Crippen MR) is 94.2 cm³/mol. The highest BCUT2D eigenvalue weighted by molar-refractivity contribution is 7.92. The van der Waals surface area contributed by atoms with Gasteiger partial charge in [0, 0.05) is 6.54 Å². The second kappa shape index (κ2) is 7.46. The van der Waals surface area contributed by atoms with Crippen molar-refractivity contribution in [2.24, 2.45) is 5.92 Å². The fraction of sp³-hybridized carbons (Fsp3) is 0.353. The van der Waals surface area contributed by atoms with Crippen LogP contribution in [0, 0.1) is 12.8 Å². The van der Waals surface area contributed by atoms with E-state index < -0.39 is 10.0 Å². The molecule has 0 fully saturated rings. The van der Waals surface area contributed by atoms with Gasteiger partial charge in [-0.25, -0.2) is 13.4 Å². The Morgan fingerprint density at radius 1 is 1.13 bits per heavy atom. The van der Waals surface area contributed by atoms with Gasteiger partial charge < -0.3 is 5.32 Å². The van der Waals surface area contributed by atoms with Gasteiger partial charge in [0.15, 0.2) is 0 Å². The van der Waals surface area contributed by atoms with Gasteiger partial charge in [-0.1, -0.05) is 32.0 Å². The zero-order valence-electron chi connectivity index (χ0n) is 13.7. The molecule has 0 saturated heterocycles. The summed E-state index contributed by atoms with van der Waals surface area (Å²) in [4.78, 5) is 4.51. The van der Waals surface area contributed by atoms with Crippen molar-refractivity contribution in [3.8, 4) is 0 Å². The molecule has 1 heterocycles. The van der Waals surface area contributed by atoms with E-state index in [1.807, 2.05) is 6.07 Å². The number of nitrogens with one attached hydrogen (secondary N) is 2. The lowest BCUT2D eigenvalue weighted by molar-refractivity contribution is 0.600. The van der Waals surface area contributed by atoms with Gasteiger partial charge in [-0.15, -0.1) is 0 Å². The van der Waals surface area contributed by atoms with Crippen LogP contribution in [-0.4, -0.2) is 19.9 Å². The van der Waals surface area contributed by atoms with Gasteiger partial charge in [-0.2, -0.15) is 0 Å². The third kappa shape index (κ3) is 4.96. The van der Waals surface area contributed by atoms with E-state index in [-0.39, 0.29) is 4.90 Å². The lowest BCUT2D eigenvalue weighted by Gasteiger charge is -2.11. The number of anilines is 2. The first-order chi connectivity index (χ1) is 10.9. The third-order valence-electron chi connectivity index (χ3n) is 3.43. The monoisotopic (exact) mass is 333 g/mol. The Morgan fingerprint density at radius 3 is 2.48 bits per heavy atom. The van der Waals surface area contributed by atoms with E-state index in [0.717, 1.165) is 18.8 Å². The number of hydrogen-bond donors (Lipinski definition) is 2. The summed E-state index contributed by atoms with van der Waals surface area (Å²) in [6, 6.07) is 10.4. The van der Waals surface area contributed by atoms with Crippen LogP contribution in [0.15, 0.2) is 47.5 Å². The molecule has 0 aliphatic carbocycles. The first-order valence-electron chi connectivity index (χ1n) is 7.67. The maximum Gasteiger partial charge on any atom is 0.262 e. The summed E-state index contributed by atoms with van der Waals surface area (Å²) < 4.78 is 27.4. The van der Waals surface area contributed by atoms with Crippen LogP contribution in [0.3, 0.4) is 0 Å². The average Bonchev–Trinajstić information content (AvgIpc) is 2.48. The van der Waals surface area contributed by atoms with E-state index >= 15 is 0 Å². The summed E-state index contributed by atoms with van der Waals surface area (Å²) in [5, 5.41) is 3.22. The Labute approximate surface area is 138 Å². The molecule has 124 valence electrons. The van der Waals surface area contributed by atoms with Crippen molar-refractivity contribution >= 4 is 21.5 Å². The molecule has 0 aliphatic heterocycles. The summed E-state index contributed by atoms with van der Waals surface area (Å²) in [6.45, 7) is 6.95.